The molecule has 2 atom stereocenters. The zero-order chi connectivity index (χ0) is 53.6. The van der Waals surface area contributed by atoms with Gasteiger partial charge in [-0.3, -0.25) is 9.59 Å². The van der Waals surface area contributed by atoms with E-state index in [0.29, 0.717) is 25.9 Å². The van der Waals surface area contributed by atoms with Gasteiger partial charge in [0.15, 0.2) is 0 Å². The van der Waals surface area contributed by atoms with Crippen LogP contribution >= 0.6 is 0 Å². The summed E-state index contributed by atoms with van der Waals surface area (Å²) in [7, 11) is 0. The fourth-order valence-electron chi connectivity index (χ4n) is 11.2. The molecule has 0 heterocycles. The number of amides is 1. The van der Waals surface area contributed by atoms with Gasteiger partial charge < -0.3 is 20.3 Å². The van der Waals surface area contributed by atoms with E-state index in [-0.39, 0.29) is 18.5 Å². The molecule has 0 radical (unpaired) electrons. The summed E-state index contributed by atoms with van der Waals surface area (Å²) < 4.78 is 5.51. The van der Waals surface area contributed by atoms with Gasteiger partial charge in [0.1, 0.15) is 0 Å². The Kier molecular flexibility index (Phi) is 63.4. The van der Waals surface area contributed by atoms with Crippen LogP contribution in [0.3, 0.4) is 0 Å². The first kappa shape index (κ1) is 72.9. The zero-order valence-electron chi connectivity index (χ0n) is 50.6. The smallest absolute Gasteiger partial charge is 0.305 e. The van der Waals surface area contributed by atoms with Gasteiger partial charge in [0.2, 0.25) is 5.91 Å². The third-order valence-corrected chi connectivity index (χ3v) is 16.4. The van der Waals surface area contributed by atoms with Gasteiger partial charge in [0, 0.05) is 12.8 Å². The zero-order valence-corrected chi connectivity index (χ0v) is 50.6. The molecule has 0 saturated heterocycles. The summed E-state index contributed by atoms with van der Waals surface area (Å²) in [6.07, 6.45) is 77.0. The Labute approximate surface area is 464 Å². The van der Waals surface area contributed by atoms with E-state index in [2.05, 4.69) is 19.2 Å². The molecule has 0 saturated carbocycles. The minimum Gasteiger partial charge on any atom is -0.466 e. The monoisotopic (exact) mass is 1050 g/mol. The molecule has 0 aliphatic rings. The summed E-state index contributed by atoms with van der Waals surface area (Å²) in [6.45, 7) is 5.00. The lowest BCUT2D eigenvalue weighted by Crippen LogP contribution is -2.45. The molecule has 6 heteroatoms. The van der Waals surface area contributed by atoms with Crippen molar-refractivity contribution in [2.75, 3.05) is 13.2 Å². The molecule has 6 nitrogen and oxygen atoms in total. The Bertz CT molecular complexity index is 1070. The number of carbonyl (C=O) groups excluding carboxylic acids is 2. The fourth-order valence-corrected chi connectivity index (χ4v) is 11.2. The molecule has 1 amide bonds. The van der Waals surface area contributed by atoms with Crippen LogP contribution in [0.4, 0.5) is 0 Å². The highest BCUT2D eigenvalue weighted by Crippen LogP contribution is 2.19. The Hall–Kier alpha value is -1.14. The maximum absolute atomic E-state index is 12.5. The molecule has 0 aromatic rings. The van der Waals surface area contributed by atoms with Crippen molar-refractivity contribution in [3.63, 3.8) is 0 Å². The van der Waals surface area contributed by atoms with Crippen LogP contribution < -0.4 is 5.32 Å². The lowest BCUT2D eigenvalue weighted by molar-refractivity contribution is -0.143. The predicted octanol–water partition coefficient (Wildman–Crippen LogP) is 21.8. The summed E-state index contributed by atoms with van der Waals surface area (Å²) in [5.74, 6) is -0.0153. The van der Waals surface area contributed by atoms with E-state index >= 15 is 0 Å². The van der Waals surface area contributed by atoms with Gasteiger partial charge in [-0.1, -0.05) is 361 Å². The van der Waals surface area contributed by atoms with Crippen LogP contribution in [-0.4, -0.2) is 47.4 Å². The van der Waals surface area contributed by atoms with Gasteiger partial charge >= 0.3 is 5.97 Å². The van der Waals surface area contributed by atoms with Crippen LogP contribution in [0.15, 0.2) is 0 Å². The average molecular weight is 1050 g/mol. The molecular weight excluding hydrogens is 911 g/mol. The number of hydrogen-bond donors (Lipinski definition) is 3. The molecule has 0 spiro atoms. The van der Waals surface area contributed by atoms with Crippen LogP contribution in [0.25, 0.3) is 0 Å². The van der Waals surface area contributed by atoms with Gasteiger partial charge in [0.05, 0.1) is 25.4 Å². The fraction of sp³-hybridized carbons (Fsp3) is 0.971. The van der Waals surface area contributed by atoms with Gasteiger partial charge in [-0.05, 0) is 25.7 Å². The quantitative estimate of drug-likeness (QED) is 0.0417. The van der Waals surface area contributed by atoms with E-state index < -0.39 is 12.1 Å². The van der Waals surface area contributed by atoms with Gasteiger partial charge in [0.25, 0.3) is 0 Å². The number of esters is 1. The van der Waals surface area contributed by atoms with E-state index in [4.69, 9.17) is 4.74 Å². The molecule has 0 aromatic heterocycles. The van der Waals surface area contributed by atoms with Crippen LogP contribution in [0.5, 0.6) is 0 Å². The molecule has 74 heavy (non-hydrogen) atoms. The van der Waals surface area contributed by atoms with Gasteiger partial charge in [-0.15, -0.1) is 0 Å². The van der Waals surface area contributed by atoms with Crippen molar-refractivity contribution in [1.29, 1.82) is 0 Å². The normalized spacial score (nSPS) is 12.4. The number of rotatable bonds is 65. The Balaban J connectivity index is 3.36. The highest BCUT2D eigenvalue weighted by Gasteiger charge is 2.20. The number of aliphatic hydroxyl groups excluding tert-OH is 2. The van der Waals surface area contributed by atoms with Gasteiger partial charge in [-0.25, -0.2) is 0 Å². The minimum absolute atomic E-state index is 0.0166. The number of ether oxygens (including phenoxy) is 1. The molecule has 0 rings (SSSR count). The van der Waals surface area contributed by atoms with Crippen molar-refractivity contribution in [2.45, 2.75) is 411 Å². The first-order valence-electron chi connectivity index (χ1n) is 34.3. The molecule has 0 aliphatic heterocycles. The van der Waals surface area contributed by atoms with Crippen LogP contribution in [0.2, 0.25) is 0 Å². The van der Waals surface area contributed by atoms with Crippen molar-refractivity contribution in [1.82, 2.24) is 5.32 Å². The van der Waals surface area contributed by atoms with Crippen LogP contribution in [0.1, 0.15) is 399 Å². The first-order valence-corrected chi connectivity index (χ1v) is 34.3. The van der Waals surface area contributed by atoms with E-state index in [9.17, 15) is 19.8 Å². The number of unbranched alkanes of at least 4 members (excludes halogenated alkanes) is 54. The molecule has 0 fully saturated rings. The molecule has 442 valence electrons. The summed E-state index contributed by atoms with van der Waals surface area (Å²) in [4.78, 5) is 24.6. The van der Waals surface area contributed by atoms with Crippen LogP contribution in [0, 0.1) is 0 Å². The number of carbonyl (C=O) groups is 2. The van der Waals surface area contributed by atoms with Crippen molar-refractivity contribution in [2.24, 2.45) is 0 Å². The van der Waals surface area contributed by atoms with E-state index in [1.807, 2.05) is 0 Å². The van der Waals surface area contributed by atoms with Gasteiger partial charge in [-0.2, -0.15) is 0 Å². The topological polar surface area (TPSA) is 95.9 Å². The number of aliphatic hydroxyl groups is 2. The Morgan fingerprint density at radius 1 is 0.324 bits per heavy atom. The maximum Gasteiger partial charge on any atom is 0.305 e. The van der Waals surface area contributed by atoms with Crippen molar-refractivity contribution in [3.8, 4) is 0 Å². The number of hydrogen-bond acceptors (Lipinski definition) is 5. The third kappa shape index (κ3) is 60.1. The average Bonchev–Trinajstić information content (AvgIpc) is 3.40. The lowest BCUT2D eigenvalue weighted by Gasteiger charge is -2.22. The third-order valence-electron chi connectivity index (χ3n) is 16.4. The minimum atomic E-state index is -0.665. The molecule has 0 aliphatic carbocycles. The van der Waals surface area contributed by atoms with E-state index in [0.717, 1.165) is 38.5 Å². The summed E-state index contributed by atoms with van der Waals surface area (Å²) in [6, 6.07) is -0.542. The van der Waals surface area contributed by atoms with E-state index in [1.54, 1.807) is 0 Å². The lowest BCUT2D eigenvalue weighted by atomic mass is 10.0. The molecule has 0 aromatic carbocycles. The standard InChI is InChI=1S/C68H135NO5/c1-3-5-7-9-11-13-15-17-19-21-25-28-32-36-40-44-48-52-56-60-66(71)65(64-70)69-67(72)61-57-53-49-45-41-37-33-29-26-23-24-27-31-35-39-43-47-51-55-59-63-74-68(73)62-58-54-50-46-42-38-34-30-22-20-18-16-14-12-10-8-6-4-2/h65-66,70-71H,3-64H2,1-2H3,(H,69,72). The summed E-state index contributed by atoms with van der Waals surface area (Å²) in [5.41, 5.74) is 0. The Morgan fingerprint density at radius 3 is 0.824 bits per heavy atom. The second-order valence-corrected chi connectivity index (χ2v) is 23.9. The molecule has 3 N–H and O–H groups in total. The number of nitrogens with one attached hydrogen (secondary N) is 1. The molecule has 0 bridgehead atoms. The van der Waals surface area contributed by atoms with Crippen molar-refractivity contribution in [3.05, 3.63) is 0 Å². The molecular formula is C68H135NO5. The van der Waals surface area contributed by atoms with Crippen LogP contribution in [-0.2, 0) is 14.3 Å². The SMILES string of the molecule is CCCCCCCCCCCCCCCCCCCCCC(O)C(CO)NC(=O)CCCCCCCCCCCCCCCCCCCCCCOC(=O)CCCCCCCCCCCCCCCCCCCC. The summed E-state index contributed by atoms with van der Waals surface area (Å²) in [5, 5.41) is 23.4. The van der Waals surface area contributed by atoms with Crippen molar-refractivity contribution < 1.29 is 24.5 Å². The second kappa shape index (κ2) is 64.4. The molecule has 2 unspecified atom stereocenters. The predicted molar refractivity (Wildman–Crippen MR) is 324 cm³/mol. The maximum atomic E-state index is 12.5. The highest BCUT2D eigenvalue weighted by molar-refractivity contribution is 5.76. The van der Waals surface area contributed by atoms with Crippen molar-refractivity contribution >= 4 is 11.9 Å². The largest absolute Gasteiger partial charge is 0.466 e. The summed E-state index contributed by atoms with van der Waals surface area (Å²) >= 11 is 0. The highest BCUT2D eigenvalue weighted by atomic mass is 16.5. The second-order valence-electron chi connectivity index (χ2n) is 23.9. The van der Waals surface area contributed by atoms with E-state index in [1.165, 1.54) is 327 Å². The Morgan fingerprint density at radius 2 is 0.554 bits per heavy atom. The first-order chi connectivity index (χ1) is 36.5.